The van der Waals surface area contributed by atoms with E-state index in [-0.39, 0.29) is 0 Å². The highest BCUT2D eigenvalue weighted by molar-refractivity contribution is 5.29. The van der Waals surface area contributed by atoms with Gasteiger partial charge in [-0.05, 0) is 72.8 Å². The van der Waals surface area contributed by atoms with Crippen molar-refractivity contribution in [2.75, 3.05) is 26.2 Å². The maximum absolute atomic E-state index is 4.02. The fourth-order valence-corrected chi connectivity index (χ4v) is 4.29. The number of pyridine rings is 1. The van der Waals surface area contributed by atoms with E-state index in [9.17, 15) is 0 Å². The Kier molecular flexibility index (Phi) is 6.48. The SMILES string of the molecule is C1CC2CNCC2CN1.c1cc2c(cn1)CNC2.c1ccc2c(c1)CNC2. The topological polar surface area (TPSA) is 61.0 Å². The molecule has 0 bridgehead atoms. The maximum Gasteiger partial charge on any atom is 0.0316 e. The summed E-state index contributed by atoms with van der Waals surface area (Å²) in [6, 6.07) is 10.6. The van der Waals surface area contributed by atoms with Gasteiger partial charge in [-0.3, -0.25) is 4.98 Å². The lowest BCUT2D eigenvalue weighted by Crippen LogP contribution is -2.35. The van der Waals surface area contributed by atoms with E-state index in [2.05, 4.69) is 56.6 Å². The summed E-state index contributed by atoms with van der Waals surface area (Å²) in [5.74, 6) is 1.94. The summed E-state index contributed by atoms with van der Waals surface area (Å²) in [5, 5.41) is 13.4. The lowest BCUT2D eigenvalue weighted by atomic mass is 9.90. The second-order valence-corrected chi connectivity index (χ2v) is 7.79. The minimum absolute atomic E-state index is 0.943. The first-order valence-corrected chi connectivity index (χ1v) is 10.2. The van der Waals surface area contributed by atoms with Gasteiger partial charge in [-0.25, -0.2) is 0 Å². The van der Waals surface area contributed by atoms with Crippen LogP contribution in [0.3, 0.4) is 0 Å². The summed E-state index contributed by atoms with van der Waals surface area (Å²) in [7, 11) is 0. The fraction of sp³-hybridized carbons (Fsp3) is 0.500. The number of nitrogens with zero attached hydrogens (tertiary/aromatic N) is 1. The molecule has 0 amide bonds. The number of piperidine rings is 1. The van der Waals surface area contributed by atoms with E-state index in [0.29, 0.717) is 0 Å². The van der Waals surface area contributed by atoms with Crippen molar-refractivity contribution < 1.29 is 0 Å². The molecule has 2 fully saturated rings. The van der Waals surface area contributed by atoms with Crippen molar-refractivity contribution in [1.82, 2.24) is 26.3 Å². The molecule has 4 aliphatic rings. The van der Waals surface area contributed by atoms with Gasteiger partial charge in [-0.1, -0.05) is 24.3 Å². The molecule has 4 aliphatic heterocycles. The third kappa shape index (κ3) is 4.93. The van der Waals surface area contributed by atoms with Crippen molar-refractivity contribution in [3.05, 3.63) is 65.0 Å². The number of fused-ring (bicyclic) bond motifs is 3. The molecule has 1 aromatic carbocycles. The highest BCUT2D eigenvalue weighted by atomic mass is 15.0. The molecule has 0 saturated carbocycles. The highest BCUT2D eigenvalue weighted by Crippen LogP contribution is 2.21. The van der Waals surface area contributed by atoms with Crippen LogP contribution in [0.2, 0.25) is 0 Å². The Bertz CT molecular complexity index is 625. The largest absolute Gasteiger partial charge is 0.316 e. The lowest BCUT2D eigenvalue weighted by Gasteiger charge is -2.24. The van der Waals surface area contributed by atoms with Gasteiger partial charge in [0.2, 0.25) is 0 Å². The van der Waals surface area contributed by atoms with E-state index in [1.165, 1.54) is 54.9 Å². The predicted octanol–water partition coefficient (Wildman–Crippen LogP) is 1.79. The van der Waals surface area contributed by atoms with Crippen LogP contribution < -0.4 is 21.3 Å². The molecule has 5 nitrogen and oxygen atoms in total. The van der Waals surface area contributed by atoms with Crippen LogP contribution in [-0.4, -0.2) is 31.2 Å². The fourth-order valence-electron chi connectivity index (χ4n) is 4.29. The summed E-state index contributed by atoms with van der Waals surface area (Å²) in [6.45, 7) is 9.11. The second-order valence-electron chi connectivity index (χ2n) is 7.79. The molecule has 5 heterocycles. The minimum atomic E-state index is 0.943. The summed E-state index contributed by atoms with van der Waals surface area (Å²) < 4.78 is 0. The van der Waals surface area contributed by atoms with Gasteiger partial charge in [0.15, 0.2) is 0 Å². The third-order valence-electron chi connectivity index (χ3n) is 5.96. The summed E-state index contributed by atoms with van der Waals surface area (Å²) in [5.41, 5.74) is 5.65. The van der Waals surface area contributed by atoms with Crippen LogP contribution in [0.4, 0.5) is 0 Å². The van der Waals surface area contributed by atoms with Gasteiger partial charge in [-0.15, -0.1) is 0 Å². The first kappa shape index (κ1) is 18.6. The number of nitrogens with one attached hydrogen (secondary N) is 4. The number of benzene rings is 1. The Morgan fingerprint density at radius 3 is 2.00 bits per heavy atom. The average molecular weight is 366 g/mol. The highest BCUT2D eigenvalue weighted by Gasteiger charge is 2.28. The standard InChI is InChI=1S/C8H9N.C7H14N2.C7H8N2/c1-2-4-8-6-9-5-7(8)3-1;2*1-2-8-4-7-5-9-3-6(1)7/h1-4,9H,5-6H2;6-9H,1-5H2;1-2,4,9H,3,5H2. The Balaban J connectivity index is 0.0000001000. The Labute approximate surface area is 162 Å². The average Bonchev–Trinajstić information content (AvgIpc) is 3.48. The van der Waals surface area contributed by atoms with E-state index < -0.39 is 0 Å². The smallest absolute Gasteiger partial charge is 0.0316 e. The van der Waals surface area contributed by atoms with Gasteiger partial charge in [0, 0.05) is 38.6 Å². The van der Waals surface area contributed by atoms with E-state index in [1.54, 1.807) is 0 Å². The Hall–Kier alpha value is -1.79. The molecule has 6 rings (SSSR count). The zero-order chi connectivity index (χ0) is 18.3. The maximum atomic E-state index is 4.02. The lowest BCUT2D eigenvalue weighted by molar-refractivity contribution is 0.318. The van der Waals surface area contributed by atoms with Gasteiger partial charge in [-0.2, -0.15) is 0 Å². The predicted molar refractivity (Wildman–Crippen MR) is 109 cm³/mol. The molecule has 2 aromatic rings. The van der Waals surface area contributed by atoms with E-state index >= 15 is 0 Å². The van der Waals surface area contributed by atoms with Crippen LogP contribution in [0.15, 0.2) is 42.7 Å². The van der Waals surface area contributed by atoms with Crippen molar-refractivity contribution in [3.63, 3.8) is 0 Å². The third-order valence-corrected chi connectivity index (χ3v) is 5.96. The van der Waals surface area contributed by atoms with E-state index in [4.69, 9.17) is 0 Å². The normalized spacial score (nSPS) is 24.6. The molecule has 4 N–H and O–H groups in total. The van der Waals surface area contributed by atoms with Crippen LogP contribution >= 0.6 is 0 Å². The van der Waals surface area contributed by atoms with Crippen LogP contribution in [0.5, 0.6) is 0 Å². The van der Waals surface area contributed by atoms with Crippen LogP contribution in [0.25, 0.3) is 0 Å². The summed E-state index contributed by atoms with van der Waals surface area (Å²) >= 11 is 0. The summed E-state index contributed by atoms with van der Waals surface area (Å²) in [6.07, 6.45) is 5.15. The number of aromatic nitrogens is 1. The first-order chi connectivity index (χ1) is 13.4. The Morgan fingerprint density at radius 1 is 0.667 bits per heavy atom. The van der Waals surface area contributed by atoms with E-state index in [0.717, 1.165) is 38.0 Å². The van der Waals surface area contributed by atoms with Crippen molar-refractivity contribution in [2.24, 2.45) is 11.8 Å². The van der Waals surface area contributed by atoms with Crippen LogP contribution in [0.1, 0.15) is 28.7 Å². The Morgan fingerprint density at radius 2 is 1.30 bits per heavy atom. The molecule has 0 aliphatic carbocycles. The number of hydrogen-bond donors (Lipinski definition) is 4. The van der Waals surface area contributed by atoms with Gasteiger partial charge >= 0.3 is 0 Å². The van der Waals surface area contributed by atoms with Crippen LogP contribution in [0, 0.1) is 11.8 Å². The molecular weight excluding hydrogens is 334 g/mol. The summed E-state index contributed by atoms with van der Waals surface area (Å²) in [4.78, 5) is 4.02. The van der Waals surface area contributed by atoms with Crippen molar-refractivity contribution in [3.8, 4) is 0 Å². The van der Waals surface area contributed by atoms with Crippen molar-refractivity contribution in [1.29, 1.82) is 0 Å². The number of hydrogen-bond acceptors (Lipinski definition) is 5. The first-order valence-electron chi connectivity index (χ1n) is 10.2. The second kappa shape index (κ2) is 9.42. The van der Waals surface area contributed by atoms with Crippen LogP contribution in [-0.2, 0) is 26.2 Å². The van der Waals surface area contributed by atoms with Crippen molar-refractivity contribution >= 4 is 0 Å². The molecule has 0 radical (unpaired) electrons. The van der Waals surface area contributed by atoms with E-state index in [1.807, 2.05) is 12.4 Å². The molecule has 5 heteroatoms. The van der Waals surface area contributed by atoms with Gasteiger partial charge < -0.3 is 21.3 Å². The van der Waals surface area contributed by atoms with Gasteiger partial charge in [0.25, 0.3) is 0 Å². The molecule has 27 heavy (non-hydrogen) atoms. The van der Waals surface area contributed by atoms with Gasteiger partial charge in [0.1, 0.15) is 0 Å². The molecule has 2 unspecified atom stereocenters. The monoisotopic (exact) mass is 365 g/mol. The minimum Gasteiger partial charge on any atom is -0.316 e. The molecule has 0 spiro atoms. The zero-order valence-corrected chi connectivity index (χ0v) is 16.0. The molecule has 2 atom stereocenters. The molecule has 144 valence electrons. The zero-order valence-electron chi connectivity index (χ0n) is 16.0. The molecular formula is C22H31N5. The molecule has 2 saturated heterocycles. The van der Waals surface area contributed by atoms with Gasteiger partial charge in [0.05, 0.1) is 0 Å². The number of rotatable bonds is 0. The quantitative estimate of drug-likeness (QED) is 0.573. The molecule has 1 aromatic heterocycles. The van der Waals surface area contributed by atoms with Crippen molar-refractivity contribution in [2.45, 2.75) is 32.6 Å².